The number of benzene rings is 1. The molecule has 1 aromatic rings. The molecule has 0 aromatic heterocycles. The number of esters is 1. The number of carbonyl (C=O) groups is 2. The number of nitrogens with one attached hydrogen (secondary N) is 1. The number of thioether (sulfide) groups is 1. The second-order valence-corrected chi connectivity index (χ2v) is 7.36. The van der Waals surface area contributed by atoms with Crippen molar-refractivity contribution in [3.63, 3.8) is 0 Å². The molecule has 1 heterocycles. The van der Waals surface area contributed by atoms with E-state index in [2.05, 4.69) is 10.2 Å². The normalized spacial score (nSPS) is 13.6. The monoisotopic (exact) mass is 386 g/mol. The van der Waals surface area contributed by atoms with Crippen LogP contribution in [0.3, 0.4) is 0 Å². The van der Waals surface area contributed by atoms with Gasteiger partial charge in [-0.05, 0) is 30.5 Å². The van der Waals surface area contributed by atoms with E-state index in [4.69, 9.17) is 28.6 Å². The van der Waals surface area contributed by atoms with E-state index in [-0.39, 0.29) is 18.3 Å². The van der Waals surface area contributed by atoms with Gasteiger partial charge < -0.3 is 15.0 Å². The molecule has 1 aliphatic heterocycles. The number of amides is 1. The zero-order chi connectivity index (χ0) is 17.4. The summed E-state index contributed by atoms with van der Waals surface area (Å²) in [4.78, 5) is 25.4. The molecule has 0 atom stereocenters. The van der Waals surface area contributed by atoms with Crippen LogP contribution in [0, 0.1) is 0 Å². The molecule has 2 rings (SSSR count). The quantitative estimate of drug-likeness (QED) is 0.599. The second-order valence-electron chi connectivity index (χ2n) is 5.31. The molecule has 5 nitrogen and oxygen atoms in total. The van der Waals surface area contributed by atoms with E-state index < -0.39 is 5.97 Å². The maximum absolute atomic E-state index is 11.7. The fourth-order valence-electron chi connectivity index (χ4n) is 2.15. The average molecular weight is 387 g/mol. The third-order valence-corrected chi connectivity index (χ3v) is 5.19. The lowest BCUT2D eigenvalue weighted by atomic mass is 10.2. The Kier molecular flexibility index (Phi) is 7.81. The van der Waals surface area contributed by atoms with Gasteiger partial charge in [0.05, 0.1) is 5.75 Å². The summed E-state index contributed by atoms with van der Waals surface area (Å²) in [6, 6.07) is 7.16. The van der Waals surface area contributed by atoms with Crippen molar-refractivity contribution in [2.75, 3.05) is 25.4 Å². The predicted octanol–water partition coefficient (Wildman–Crippen LogP) is 2.61. The van der Waals surface area contributed by atoms with Crippen molar-refractivity contribution in [3.05, 3.63) is 34.9 Å². The Bertz CT molecular complexity index is 589. The molecule has 0 unspecified atom stereocenters. The van der Waals surface area contributed by atoms with Gasteiger partial charge in [-0.2, -0.15) is 0 Å². The van der Waals surface area contributed by atoms with E-state index in [0.29, 0.717) is 11.6 Å². The highest BCUT2D eigenvalue weighted by molar-refractivity contribution is 8.23. The van der Waals surface area contributed by atoms with Crippen LogP contribution in [0.5, 0.6) is 0 Å². The summed E-state index contributed by atoms with van der Waals surface area (Å²) in [7, 11) is 0. The van der Waals surface area contributed by atoms with Gasteiger partial charge in [0, 0.05) is 24.7 Å². The number of rotatable bonds is 6. The van der Waals surface area contributed by atoms with E-state index in [1.807, 2.05) is 12.1 Å². The molecule has 8 heteroatoms. The van der Waals surface area contributed by atoms with Gasteiger partial charge in [-0.15, -0.1) is 0 Å². The minimum absolute atomic E-state index is 0.125. The molecule has 1 aromatic carbocycles. The van der Waals surface area contributed by atoms with Crippen LogP contribution in [-0.4, -0.2) is 46.5 Å². The molecule has 24 heavy (non-hydrogen) atoms. The molecule has 0 spiro atoms. The molecule has 1 amide bonds. The van der Waals surface area contributed by atoms with Gasteiger partial charge in [0.25, 0.3) is 5.91 Å². The summed E-state index contributed by atoms with van der Waals surface area (Å²) >= 11 is 12.3. The summed E-state index contributed by atoms with van der Waals surface area (Å²) in [5.74, 6) is -0.659. The van der Waals surface area contributed by atoms with Crippen LogP contribution in [0.1, 0.15) is 18.4 Å². The molecule has 0 saturated carbocycles. The number of nitrogens with zero attached hydrogens (tertiary/aromatic N) is 1. The number of likely N-dealkylation sites (tertiary alicyclic amines) is 1. The van der Waals surface area contributed by atoms with Crippen molar-refractivity contribution in [1.82, 2.24) is 10.2 Å². The Balaban J connectivity index is 1.59. The van der Waals surface area contributed by atoms with Crippen molar-refractivity contribution in [2.24, 2.45) is 0 Å². The number of hydrogen-bond acceptors (Lipinski definition) is 5. The number of halogens is 1. The van der Waals surface area contributed by atoms with E-state index >= 15 is 0 Å². The van der Waals surface area contributed by atoms with Crippen LogP contribution in [0.15, 0.2) is 24.3 Å². The van der Waals surface area contributed by atoms with Gasteiger partial charge in [-0.3, -0.25) is 9.59 Å². The van der Waals surface area contributed by atoms with E-state index in [9.17, 15) is 9.59 Å². The zero-order valence-corrected chi connectivity index (χ0v) is 15.5. The minimum Gasteiger partial charge on any atom is -0.455 e. The third-order valence-electron chi connectivity index (χ3n) is 3.44. The first kappa shape index (κ1) is 19.0. The molecule has 1 N–H and O–H groups in total. The van der Waals surface area contributed by atoms with Gasteiger partial charge in [0.1, 0.15) is 4.32 Å². The van der Waals surface area contributed by atoms with E-state index in [1.54, 1.807) is 12.1 Å². The standard InChI is InChI=1S/C16H19ClN2O3S2/c17-13-5-3-12(4-6-13)9-18-14(20)10-22-15(21)11-24-16(23)19-7-1-2-8-19/h3-6H,1-2,7-11H2,(H,18,20). The maximum Gasteiger partial charge on any atom is 0.316 e. The zero-order valence-electron chi connectivity index (χ0n) is 13.1. The molecule has 1 fully saturated rings. The van der Waals surface area contributed by atoms with E-state index in [0.717, 1.165) is 35.8 Å². The van der Waals surface area contributed by atoms with Crippen molar-refractivity contribution in [1.29, 1.82) is 0 Å². The summed E-state index contributed by atoms with van der Waals surface area (Å²) in [5, 5.41) is 3.33. The lowest BCUT2D eigenvalue weighted by Gasteiger charge is -2.17. The first-order valence-electron chi connectivity index (χ1n) is 7.63. The van der Waals surface area contributed by atoms with Gasteiger partial charge in [0.2, 0.25) is 0 Å². The Labute approximate surface area is 156 Å². The van der Waals surface area contributed by atoms with Gasteiger partial charge >= 0.3 is 5.97 Å². The van der Waals surface area contributed by atoms with Crippen molar-refractivity contribution >= 4 is 51.8 Å². The Hall–Kier alpha value is -1.31. The number of carbonyl (C=O) groups excluding carboxylic acids is 2. The predicted molar refractivity (Wildman–Crippen MR) is 100 cm³/mol. The lowest BCUT2D eigenvalue weighted by Crippen LogP contribution is -2.29. The highest BCUT2D eigenvalue weighted by atomic mass is 35.5. The summed E-state index contributed by atoms with van der Waals surface area (Å²) in [6.07, 6.45) is 2.28. The minimum atomic E-state index is -0.441. The second kappa shape index (κ2) is 9.86. The maximum atomic E-state index is 11.7. The highest BCUT2D eigenvalue weighted by Gasteiger charge is 2.16. The SMILES string of the molecule is O=C(COC(=O)CSC(=S)N1CCCC1)NCc1ccc(Cl)cc1. The van der Waals surface area contributed by atoms with Gasteiger partial charge in [-0.1, -0.05) is 47.7 Å². The third kappa shape index (κ3) is 6.67. The number of hydrogen-bond donors (Lipinski definition) is 1. The molecular formula is C16H19ClN2O3S2. The fraction of sp³-hybridized carbons (Fsp3) is 0.438. The van der Waals surface area contributed by atoms with E-state index in [1.165, 1.54) is 11.8 Å². The van der Waals surface area contributed by atoms with Crippen LogP contribution in [-0.2, 0) is 20.9 Å². The Morgan fingerprint density at radius 2 is 1.92 bits per heavy atom. The first-order valence-corrected chi connectivity index (χ1v) is 9.40. The van der Waals surface area contributed by atoms with Crippen LogP contribution in [0.4, 0.5) is 0 Å². The van der Waals surface area contributed by atoms with Gasteiger partial charge in [-0.25, -0.2) is 0 Å². The molecule has 1 saturated heterocycles. The molecule has 1 aliphatic rings. The van der Waals surface area contributed by atoms with Crippen LogP contribution in [0.2, 0.25) is 5.02 Å². The smallest absolute Gasteiger partial charge is 0.316 e. The highest BCUT2D eigenvalue weighted by Crippen LogP contribution is 2.16. The largest absolute Gasteiger partial charge is 0.455 e. The van der Waals surface area contributed by atoms with Crippen LogP contribution >= 0.6 is 35.6 Å². The Morgan fingerprint density at radius 3 is 2.58 bits per heavy atom. The Morgan fingerprint density at radius 1 is 1.25 bits per heavy atom. The summed E-state index contributed by atoms with van der Waals surface area (Å²) < 4.78 is 5.67. The number of thiocarbonyl (C=S) groups is 1. The van der Waals surface area contributed by atoms with Crippen molar-refractivity contribution in [2.45, 2.75) is 19.4 Å². The molecule has 0 radical (unpaired) electrons. The topological polar surface area (TPSA) is 58.6 Å². The molecule has 130 valence electrons. The first-order chi connectivity index (χ1) is 11.5. The number of ether oxygens (including phenoxy) is 1. The van der Waals surface area contributed by atoms with Crippen LogP contribution < -0.4 is 5.32 Å². The van der Waals surface area contributed by atoms with Gasteiger partial charge in [0.15, 0.2) is 6.61 Å². The summed E-state index contributed by atoms with van der Waals surface area (Å²) in [5.41, 5.74) is 0.922. The molecule has 0 bridgehead atoms. The average Bonchev–Trinajstić information content (AvgIpc) is 3.12. The van der Waals surface area contributed by atoms with Crippen molar-refractivity contribution in [3.8, 4) is 0 Å². The molecular weight excluding hydrogens is 368 g/mol. The van der Waals surface area contributed by atoms with Crippen molar-refractivity contribution < 1.29 is 14.3 Å². The summed E-state index contributed by atoms with van der Waals surface area (Å²) in [6.45, 7) is 1.98. The fourth-order valence-corrected chi connectivity index (χ4v) is 3.33. The molecule has 0 aliphatic carbocycles. The lowest BCUT2D eigenvalue weighted by molar-refractivity contribution is -0.145. The van der Waals surface area contributed by atoms with Crippen LogP contribution in [0.25, 0.3) is 0 Å².